The minimum atomic E-state index is 0. The van der Waals surface area contributed by atoms with Crippen molar-refractivity contribution < 1.29 is 95.5 Å². The molecule has 0 aliphatic heterocycles. The van der Waals surface area contributed by atoms with Gasteiger partial charge in [0.25, 0.3) is 0 Å². The van der Waals surface area contributed by atoms with Crippen LogP contribution in [0.2, 0.25) is 0 Å². The molecule has 0 saturated carbocycles. The number of hydrogen-bond donors (Lipinski definition) is 0. The van der Waals surface area contributed by atoms with Crippen LogP contribution in [0.15, 0.2) is 0 Å². The number of hydrogen-bond acceptors (Lipinski definition) is 0. The van der Waals surface area contributed by atoms with Crippen LogP contribution in [0, 0.1) is 0 Å². The van der Waals surface area contributed by atoms with Crippen molar-refractivity contribution in [2.24, 2.45) is 0 Å². The number of rotatable bonds is 0. The molecule has 0 N–H and O–H groups in total. The quantitative estimate of drug-likeness (QED) is 0.390. The standard InChI is InChI=1S/6ClH.Mo/h6*1H;/p-6. The van der Waals surface area contributed by atoms with Gasteiger partial charge in [-0.2, -0.15) is 0 Å². The van der Waals surface area contributed by atoms with Crippen molar-refractivity contribution in [2.45, 2.75) is 0 Å². The van der Waals surface area contributed by atoms with Crippen LogP contribution in [-0.4, -0.2) is 0 Å². The van der Waals surface area contributed by atoms with Crippen molar-refractivity contribution in [2.75, 3.05) is 0 Å². The smallest absolute Gasteiger partial charge is 0 e. The summed E-state index contributed by atoms with van der Waals surface area (Å²) in [5.74, 6) is 0. The predicted molar refractivity (Wildman–Crippen MR) is 0 cm³/mol. The molecule has 0 saturated heterocycles. The Morgan fingerprint density at radius 1 is 0.286 bits per heavy atom. The van der Waals surface area contributed by atoms with Gasteiger partial charge in [-0.1, -0.05) is 0 Å². The van der Waals surface area contributed by atoms with E-state index in [9.17, 15) is 0 Å². The average Bonchev–Trinajstić information content (AvgIpc) is 0. The summed E-state index contributed by atoms with van der Waals surface area (Å²) >= 11 is 0. The molecule has 0 bridgehead atoms. The Bertz CT molecular complexity index is 4.14. The molecule has 0 nitrogen and oxygen atoms in total. The zero-order chi connectivity index (χ0) is 0. The third kappa shape index (κ3) is 59.1. The third-order valence-electron chi connectivity index (χ3n) is 0. The van der Waals surface area contributed by atoms with Gasteiger partial charge in [0.2, 0.25) is 0 Å². The van der Waals surface area contributed by atoms with Crippen LogP contribution >= 0.6 is 0 Å². The molecule has 0 aromatic rings. The predicted octanol–water partition coefficient (Wildman–Crippen LogP) is -18.0. The second-order valence-electron chi connectivity index (χ2n) is 0. The molecule has 0 aliphatic carbocycles. The van der Waals surface area contributed by atoms with Crippen molar-refractivity contribution in [3.8, 4) is 0 Å². The summed E-state index contributed by atoms with van der Waals surface area (Å²) in [5.41, 5.74) is 0. The van der Waals surface area contributed by atoms with Crippen molar-refractivity contribution in [3.63, 3.8) is 0 Å². The molecule has 0 spiro atoms. The van der Waals surface area contributed by atoms with Crippen molar-refractivity contribution in [1.29, 1.82) is 0 Å². The first-order valence-corrected chi connectivity index (χ1v) is 0. The molecule has 0 rings (SSSR count). The third-order valence-corrected chi connectivity index (χ3v) is 0. The first kappa shape index (κ1) is 114. The summed E-state index contributed by atoms with van der Waals surface area (Å²) in [5, 5.41) is 0. The molecule has 7 heteroatoms. The molecule has 0 aromatic carbocycles. The molecule has 0 aromatic heterocycles. The number of halogens is 6. The van der Waals surface area contributed by atoms with Crippen LogP contribution in [0.5, 0.6) is 0 Å². The Kier molecular flexibility index (Phi) is 1280. The Labute approximate surface area is 94.7 Å². The minimum absolute atomic E-state index is 0. The maximum atomic E-state index is 0. The molecule has 54 valence electrons. The molecule has 0 fully saturated rings. The van der Waals surface area contributed by atoms with Gasteiger partial charge in [0.1, 0.15) is 0 Å². The summed E-state index contributed by atoms with van der Waals surface area (Å²) < 4.78 is 0. The van der Waals surface area contributed by atoms with Crippen molar-refractivity contribution in [3.05, 3.63) is 0 Å². The van der Waals surface area contributed by atoms with E-state index in [1.54, 1.807) is 0 Å². The molecule has 0 heterocycles. The largest absolute Gasteiger partial charge is 1.00 e. The van der Waals surface area contributed by atoms with Gasteiger partial charge >= 0.3 is 0 Å². The molecule has 0 unspecified atom stereocenters. The zero-order valence-corrected chi connectivity index (χ0v) is 9.22. The summed E-state index contributed by atoms with van der Waals surface area (Å²) in [6.07, 6.45) is 0. The Hall–Kier alpha value is 2.43. The van der Waals surface area contributed by atoms with Gasteiger partial charge in [0, 0.05) is 21.1 Å². The maximum absolute atomic E-state index is 0. The summed E-state index contributed by atoms with van der Waals surface area (Å²) in [4.78, 5) is 0. The zero-order valence-electron chi connectivity index (χ0n) is 2.68. The van der Waals surface area contributed by atoms with E-state index in [1.807, 2.05) is 0 Å². The summed E-state index contributed by atoms with van der Waals surface area (Å²) in [7, 11) is 0. The van der Waals surface area contributed by atoms with E-state index in [4.69, 9.17) is 0 Å². The van der Waals surface area contributed by atoms with Crippen LogP contribution < -0.4 is 74.4 Å². The fourth-order valence-electron chi connectivity index (χ4n) is 0. The molecule has 7 heavy (non-hydrogen) atoms. The van der Waals surface area contributed by atoms with Crippen LogP contribution in [0.3, 0.4) is 0 Å². The Morgan fingerprint density at radius 2 is 0.286 bits per heavy atom. The molecule has 0 aliphatic rings. The van der Waals surface area contributed by atoms with Crippen molar-refractivity contribution >= 4 is 0 Å². The van der Waals surface area contributed by atoms with Crippen LogP contribution in [0.25, 0.3) is 0 Å². The van der Waals surface area contributed by atoms with Gasteiger partial charge < -0.3 is 74.4 Å². The van der Waals surface area contributed by atoms with E-state index in [1.165, 1.54) is 0 Å². The van der Waals surface area contributed by atoms with Gasteiger partial charge in [-0.25, -0.2) is 0 Å². The van der Waals surface area contributed by atoms with E-state index in [0.29, 0.717) is 0 Å². The first-order valence-electron chi connectivity index (χ1n) is 0. The van der Waals surface area contributed by atoms with Crippen LogP contribution in [0.1, 0.15) is 0 Å². The molecular formula is Cl6Mo-6. The van der Waals surface area contributed by atoms with Crippen LogP contribution in [0.4, 0.5) is 0 Å². The molecular weight excluding hydrogens is 309 g/mol. The fraction of sp³-hybridized carbons (Fsp3) is 0. The topological polar surface area (TPSA) is 0 Å². The van der Waals surface area contributed by atoms with Gasteiger partial charge in [-0.05, 0) is 0 Å². The van der Waals surface area contributed by atoms with E-state index in [-0.39, 0.29) is 95.5 Å². The van der Waals surface area contributed by atoms with E-state index < -0.39 is 0 Å². The average molecular weight is 309 g/mol. The van der Waals surface area contributed by atoms with E-state index >= 15 is 0 Å². The van der Waals surface area contributed by atoms with Crippen LogP contribution in [-0.2, 0) is 21.1 Å². The molecule has 0 radical (unpaired) electrons. The minimum Gasteiger partial charge on any atom is -1.00 e. The second kappa shape index (κ2) is 78.9. The normalized spacial score (nSPS) is 0. The van der Waals surface area contributed by atoms with E-state index in [0.717, 1.165) is 0 Å². The first-order chi connectivity index (χ1) is 0. The van der Waals surface area contributed by atoms with Gasteiger partial charge in [-0.3, -0.25) is 0 Å². The summed E-state index contributed by atoms with van der Waals surface area (Å²) in [6, 6.07) is 0. The van der Waals surface area contributed by atoms with Gasteiger partial charge in [0.05, 0.1) is 0 Å². The molecule has 0 atom stereocenters. The maximum Gasteiger partial charge on any atom is 0 e. The SMILES string of the molecule is [Cl-].[Cl-].[Cl-].[Cl-].[Cl-].[Cl-].[Mo]. The summed E-state index contributed by atoms with van der Waals surface area (Å²) in [6.45, 7) is 0. The second-order valence-corrected chi connectivity index (χ2v) is 0. The van der Waals surface area contributed by atoms with Gasteiger partial charge in [0.15, 0.2) is 0 Å². The fourth-order valence-corrected chi connectivity index (χ4v) is 0. The van der Waals surface area contributed by atoms with E-state index in [2.05, 4.69) is 0 Å². The Balaban J connectivity index is 0. The monoisotopic (exact) mass is 308 g/mol. The Morgan fingerprint density at radius 3 is 0.286 bits per heavy atom. The van der Waals surface area contributed by atoms with Gasteiger partial charge in [-0.15, -0.1) is 0 Å². The molecule has 0 amide bonds. The van der Waals surface area contributed by atoms with Crippen molar-refractivity contribution in [1.82, 2.24) is 0 Å².